The van der Waals surface area contributed by atoms with Gasteiger partial charge in [-0.15, -0.1) is 0 Å². The number of carbonyl (C=O) groups excluding carboxylic acids is 2. The summed E-state index contributed by atoms with van der Waals surface area (Å²) in [6, 6.07) is 7.33. The fourth-order valence-corrected chi connectivity index (χ4v) is 3.76. The monoisotopic (exact) mass is 358 g/mol. The van der Waals surface area contributed by atoms with Gasteiger partial charge in [0.1, 0.15) is 11.4 Å². The van der Waals surface area contributed by atoms with Gasteiger partial charge in [-0.3, -0.25) is 9.59 Å². The Labute approximate surface area is 156 Å². The second kappa shape index (κ2) is 7.68. The molecule has 1 heterocycles. The Hall–Kier alpha value is -2.04. The molecule has 1 aliphatic carbocycles. The summed E-state index contributed by atoms with van der Waals surface area (Å²) in [4.78, 5) is 29.0. The number of rotatable bonds is 3. The molecule has 0 N–H and O–H groups in total. The maximum Gasteiger partial charge on any atom is 0.253 e. The molecule has 5 heteroatoms. The Morgan fingerprint density at radius 1 is 0.923 bits per heavy atom. The number of carbonyl (C=O) groups is 2. The van der Waals surface area contributed by atoms with Crippen molar-refractivity contribution in [3.8, 4) is 5.75 Å². The van der Waals surface area contributed by atoms with Crippen molar-refractivity contribution in [1.29, 1.82) is 0 Å². The van der Waals surface area contributed by atoms with E-state index in [-0.39, 0.29) is 17.4 Å². The molecule has 2 aliphatic rings. The molecule has 1 saturated carbocycles. The Kier molecular flexibility index (Phi) is 5.54. The topological polar surface area (TPSA) is 49.9 Å². The molecule has 0 spiro atoms. The lowest BCUT2D eigenvalue weighted by Crippen LogP contribution is -2.51. The van der Waals surface area contributed by atoms with Gasteiger partial charge in [0.25, 0.3) is 5.91 Å². The number of hydrogen-bond donors (Lipinski definition) is 0. The average Bonchev–Trinajstić information content (AvgIpc) is 3.14. The van der Waals surface area contributed by atoms with E-state index in [1.165, 1.54) is 12.8 Å². The normalized spacial score (nSPS) is 18.9. The number of ether oxygens (including phenoxy) is 1. The zero-order valence-electron chi connectivity index (χ0n) is 16.2. The minimum Gasteiger partial charge on any atom is -0.488 e. The van der Waals surface area contributed by atoms with Gasteiger partial charge in [-0.25, -0.2) is 0 Å². The van der Waals surface area contributed by atoms with Gasteiger partial charge in [-0.2, -0.15) is 0 Å². The molecule has 26 heavy (non-hydrogen) atoms. The number of piperazine rings is 1. The summed E-state index contributed by atoms with van der Waals surface area (Å²) >= 11 is 0. The highest BCUT2D eigenvalue weighted by Crippen LogP contribution is 2.27. The van der Waals surface area contributed by atoms with Gasteiger partial charge < -0.3 is 14.5 Å². The molecule has 3 rings (SSSR count). The smallest absolute Gasteiger partial charge is 0.253 e. The third-order valence-corrected chi connectivity index (χ3v) is 5.11. The molecule has 0 atom stereocenters. The fourth-order valence-electron chi connectivity index (χ4n) is 3.76. The number of amides is 2. The molecule has 0 unspecified atom stereocenters. The van der Waals surface area contributed by atoms with E-state index in [2.05, 4.69) is 0 Å². The average molecular weight is 358 g/mol. The first-order valence-electron chi connectivity index (χ1n) is 9.71. The predicted octanol–water partition coefficient (Wildman–Crippen LogP) is 3.34. The van der Waals surface area contributed by atoms with Gasteiger partial charge in [-0.05, 0) is 57.9 Å². The summed E-state index contributed by atoms with van der Waals surface area (Å²) in [6.45, 7) is 8.50. The lowest BCUT2D eigenvalue weighted by atomic mass is 10.1. The SMILES string of the molecule is CC(C)(C)Oc1ccc(C(=O)N2CCN(C(=O)C3CCCC3)CC2)cc1. The van der Waals surface area contributed by atoms with Crippen molar-refractivity contribution in [2.75, 3.05) is 26.2 Å². The molecular formula is C21H30N2O3. The van der Waals surface area contributed by atoms with Crippen molar-refractivity contribution < 1.29 is 14.3 Å². The quantitative estimate of drug-likeness (QED) is 0.833. The van der Waals surface area contributed by atoms with E-state index < -0.39 is 0 Å². The van der Waals surface area contributed by atoms with E-state index in [1.807, 2.05) is 54.8 Å². The molecule has 0 bridgehead atoms. The summed E-state index contributed by atoms with van der Waals surface area (Å²) in [5.74, 6) is 1.30. The summed E-state index contributed by atoms with van der Waals surface area (Å²) in [6.07, 6.45) is 4.40. The van der Waals surface area contributed by atoms with Crippen LogP contribution in [0.2, 0.25) is 0 Å². The Balaban J connectivity index is 1.54. The zero-order chi connectivity index (χ0) is 18.7. The first kappa shape index (κ1) is 18.7. The highest BCUT2D eigenvalue weighted by Gasteiger charge is 2.30. The van der Waals surface area contributed by atoms with Crippen LogP contribution in [0.3, 0.4) is 0 Å². The van der Waals surface area contributed by atoms with Crippen LogP contribution in [0, 0.1) is 5.92 Å². The van der Waals surface area contributed by atoms with Crippen molar-refractivity contribution in [3.63, 3.8) is 0 Å². The highest BCUT2D eigenvalue weighted by molar-refractivity contribution is 5.94. The zero-order valence-corrected chi connectivity index (χ0v) is 16.2. The summed E-state index contributed by atoms with van der Waals surface area (Å²) in [5, 5.41) is 0. The van der Waals surface area contributed by atoms with Crippen LogP contribution in [0.4, 0.5) is 0 Å². The van der Waals surface area contributed by atoms with Gasteiger partial charge in [-0.1, -0.05) is 12.8 Å². The Morgan fingerprint density at radius 2 is 1.46 bits per heavy atom. The van der Waals surface area contributed by atoms with Crippen LogP contribution >= 0.6 is 0 Å². The number of benzene rings is 1. The van der Waals surface area contributed by atoms with E-state index >= 15 is 0 Å². The van der Waals surface area contributed by atoms with E-state index in [0.29, 0.717) is 37.6 Å². The van der Waals surface area contributed by atoms with Gasteiger partial charge >= 0.3 is 0 Å². The van der Waals surface area contributed by atoms with Gasteiger partial charge in [0.15, 0.2) is 0 Å². The lowest BCUT2D eigenvalue weighted by molar-refractivity contribution is -0.136. The first-order chi connectivity index (χ1) is 12.3. The minimum atomic E-state index is -0.256. The molecular weight excluding hydrogens is 328 g/mol. The van der Waals surface area contributed by atoms with E-state index in [1.54, 1.807) is 0 Å². The molecule has 2 amide bonds. The maximum absolute atomic E-state index is 12.7. The molecule has 142 valence electrons. The third kappa shape index (κ3) is 4.57. The van der Waals surface area contributed by atoms with E-state index in [0.717, 1.165) is 18.6 Å². The van der Waals surface area contributed by atoms with Crippen LogP contribution in [-0.2, 0) is 4.79 Å². The standard InChI is InChI=1S/C21H30N2O3/c1-21(2,3)26-18-10-8-17(9-11-18)20(25)23-14-12-22(13-15-23)19(24)16-6-4-5-7-16/h8-11,16H,4-7,12-15H2,1-3H3. The molecule has 5 nitrogen and oxygen atoms in total. The van der Waals surface area contributed by atoms with Crippen LogP contribution in [-0.4, -0.2) is 53.4 Å². The van der Waals surface area contributed by atoms with Crippen molar-refractivity contribution in [3.05, 3.63) is 29.8 Å². The van der Waals surface area contributed by atoms with Crippen LogP contribution in [0.5, 0.6) is 5.75 Å². The lowest BCUT2D eigenvalue weighted by Gasteiger charge is -2.36. The van der Waals surface area contributed by atoms with Crippen molar-refractivity contribution in [2.24, 2.45) is 5.92 Å². The maximum atomic E-state index is 12.7. The first-order valence-corrected chi connectivity index (χ1v) is 9.71. The number of hydrogen-bond acceptors (Lipinski definition) is 3. The Morgan fingerprint density at radius 3 is 2.00 bits per heavy atom. The molecule has 1 aromatic carbocycles. The van der Waals surface area contributed by atoms with Crippen LogP contribution < -0.4 is 4.74 Å². The van der Waals surface area contributed by atoms with Crippen LogP contribution in [0.25, 0.3) is 0 Å². The second-order valence-corrected chi connectivity index (χ2v) is 8.34. The summed E-state index contributed by atoms with van der Waals surface area (Å²) in [7, 11) is 0. The summed E-state index contributed by atoms with van der Waals surface area (Å²) < 4.78 is 5.80. The number of nitrogens with zero attached hydrogens (tertiary/aromatic N) is 2. The molecule has 1 saturated heterocycles. The van der Waals surface area contributed by atoms with Crippen molar-refractivity contribution >= 4 is 11.8 Å². The van der Waals surface area contributed by atoms with Gasteiger partial charge in [0.05, 0.1) is 0 Å². The largest absolute Gasteiger partial charge is 0.488 e. The van der Waals surface area contributed by atoms with Crippen LogP contribution in [0.1, 0.15) is 56.8 Å². The van der Waals surface area contributed by atoms with E-state index in [9.17, 15) is 9.59 Å². The highest BCUT2D eigenvalue weighted by atomic mass is 16.5. The van der Waals surface area contributed by atoms with Crippen molar-refractivity contribution in [2.45, 2.75) is 52.1 Å². The molecule has 2 fully saturated rings. The summed E-state index contributed by atoms with van der Waals surface area (Å²) in [5.41, 5.74) is 0.412. The molecule has 0 radical (unpaired) electrons. The molecule has 0 aromatic heterocycles. The predicted molar refractivity (Wildman–Crippen MR) is 101 cm³/mol. The fraction of sp³-hybridized carbons (Fsp3) is 0.619. The van der Waals surface area contributed by atoms with Gasteiger partial charge in [0.2, 0.25) is 5.91 Å². The third-order valence-electron chi connectivity index (χ3n) is 5.11. The molecule has 1 aromatic rings. The van der Waals surface area contributed by atoms with E-state index in [4.69, 9.17) is 4.74 Å². The minimum absolute atomic E-state index is 0.0280. The van der Waals surface area contributed by atoms with Crippen LogP contribution in [0.15, 0.2) is 24.3 Å². The Bertz CT molecular complexity index is 634. The second-order valence-electron chi connectivity index (χ2n) is 8.34. The van der Waals surface area contributed by atoms with Crippen molar-refractivity contribution in [1.82, 2.24) is 9.80 Å². The molecule has 1 aliphatic heterocycles. The van der Waals surface area contributed by atoms with Gasteiger partial charge in [0, 0.05) is 37.7 Å².